The van der Waals surface area contributed by atoms with Gasteiger partial charge in [0.15, 0.2) is 5.79 Å². The predicted molar refractivity (Wildman–Crippen MR) is 166 cm³/mol. The van der Waals surface area contributed by atoms with E-state index in [9.17, 15) is 27.2 Å². The minimum Gasteiger partial charge on any atom is -0.371 e. The number of likely N-dealkylation sites (tertiary alicyclic amines) is 1. The van der Waals surface area contributed by atoms with Crippen molar-refractivity contribution in [1.82, 2.24) is 15.1 Å². The average Bonchev–Trinajstić information content (AvgIpc) is 3.48. The van der Waals surface area contributed by atoms with E-state index in [4.69, 9.17) is 9.47 Å². The Balaban J connectivity index is 0.000000198. The van der Waals surface area contributed by atoms with Crippen LogP contribution in [0.5, 0.6) is 0 Å². The van der Waals surface area contributed by atoms with Crippen molar-refractivity contribution in [2.45, 2.75) is 63.3 Å². The van der Waals surface area contributed by atoms with Crippen molar-refractivity contribution in [3.8, 4) is 0 Å². The highest BCUT2D eigenvalue weighted by molar-refractivity contribution is 5.75. The summed E-state index contributed by atoms with van der Waals surface area (Å²) in [4.78, 5) is 31.5. The molecule has 0 bridgehead atoms. The highest BCUT2D eigenvalue weighted by Gasteiger charge is 2.40. The summed E-state index contributed by atoms with van der Waals surface area (Å²) in [5.41, 5.74) is 1.12. The SMILES string of the molecule is CC(=O)N1CCC(N(C)C(=O)NC2CCN(c3cc(F)cc(F)c3)CC2)CC1.Fc1cc(F)cc(N2CCC3(CC2)OCCO3)c1. The maximum Gasteiger partial charge on any atom is 0.317 e. The summed E-state index contributed by atoms with van der Waals surface area (Å²) in [6.07, 6.45) is 4.47. The Morgan fingerprint density at radius 3 is 1.65 bits per heavy atom. The van der Waals surface area contributed by atoms with Crippen LogP contribution < -0.4 is 15.1 Å². The molecular weight excluding hydrogens is 606 g/mol. The second kappa shape index (κ2) is 14.9. The lowest BCUT2D eigenvalue weighted by Crippen LogP contribution is -2.53. The van der Waals surface area contributed by atoms with Gasteiger partial charge in [-0.1, -0.05) is 0 Å². The van der Waals surface area contributed by atoms with Crippen LogP contribution in [0.15, 0.2) is 36.4 Å². The van der Waals surface area contributed by atoms with E-state index in [2.05, 4.69) is 5.32 Å². The maximum atomic E-state index is 13.4. The minimum absolute atomic E-state index is 0.0434. The van der Waals surface area contributed by atoms with Gasteiger partial charge in [-0.2, -0.15) is 0 Å². The summed E-state index contributed by atoms with van der Waals surface area (Å²) in [5.74, 6) is -2.62. The van der Waals surface area contributed by atoms with E-state index in [0.717, 1.165) is 50.7 Å². The summed E-state index contributed by atoms with van der Waals surface area (Å²) < 4.78 is 64.4. The summed E-state index contributed by atoms with van der Waals surface area (Å²) in [7, 11) is 1.80. The van der Waals surface area contributed by atoms with Gasteiger partial charge in [0.25, 0.3) is 0 Å². The van der Waals surface area contributed by atoms with Crippen LogP contribution in [0.1, 0.15) is 45.4 Å². The Labute approximate surface area is 267 Å². The molecule has 4 aliphatic rings. The molecule has 13 heteroatoms. The highest BCUT2D eigenvalue weighted by atomic mass is 19.1. The molecule has 4 aliphatic heterocycles. The fourth-order valence-corrected chi connectivity index (χ4v) is 6.63. The van der Waals surface area contributed by atoms with E-state index in [1.807, 2.05) is 14.7 Å². The van der Waals surface area contributed by atoms with Crippen molar-refractivity contribution < 1.29 is 36.6 Å². The molecule has 2 aromatic carbocycles. The normalized spacial score (nSPS) is 20.3. The molecule has 0 saturated carbocycles. The summed E-state index contributed by atoms with van der Waals surface area (Å²) in [6.45, 7) is 6.83. The third kappa shape index (κ3) is 8.61. The van der Waals surface area contributed by atoms with Crippen molar-refractivity contribution in [2.75, 3.05) is 69.3 Å². The molecule has 252 valence electrons. The quantitative estimate of drug-likeness (QED) is 0.476. The lowest BCUT2D eigenvalue weighted by molar-refractivity contribution is -0.169. The largest absolute Gasteiger partial charge is 0.371 e. The van der Waals surface area contributed by atoms with Gasteiger partial charge in [-0.3, -0.25) is 4.79 Å². The molecule has 0 atom stereocenters. The van der Waals surface area contributed by atoms with Crippen LogP contribution in [0.4, 0.5) is 33.7 Å². The zero-order valence-electron chi connectivity index (χ0n) is 26.5. The molecule has 4 heterocycles. The van der Waals surface area contributed by atoms with E-state index in [1.54, 1.807) is 18.9 Å². The second-order valence-electron chi connectivity index (χ2n) is 12.4. The van der Waals surface area contributed by atoms with Gasteiger partial charge in [-0.15, -0.1) is 0 Å². The zero-order valence-corrected chi connectivity index (χ0v) is 26.5. The second-order valence-corrected chi connectivity index (χ2v) is 12.4. The van der Waals surface area contributed by atoms with E-state index >= 15 is 0 Å². The maximum absolute atomic E-state index is 13.4. The number of piperidine rings is 3. The number of hydrogen-bond donors (Lipinski definition) is 1. The minimum atomic E-state index is -0.581. The number of carbonyl (C=O) groups is 2. The van der Waals surface area contributed by atoms with Crippen LogP contribution in [0, 0.1) is 23.3 Å². The van der Waals surface area contributed by atoms with Crippen molar-refractivity contribution in [3.63, 3.8) is 0 Å². The molecule has 0 aromatic heterocycles. The van der Waals surface area contributed by atoms with Crippen molar-refractivity contribution in [2.24, 2.45) is 0 Å². The number of halogens is 4. The number of urea groups is 1. The number of nitrogens with zero attached hydrogens (tertiary/aromatic N) is 4. The number of nitrogens with one attached hydrogen (secondary N) is 1. The smallest absolute Gasteiger partial charge is 0.317 e. The summed E-state index contributed by atoms with van der Waals surface area (Å²) in [6, 6.07) is 7.22. The molecule has 0 unspecified atom stereocenters. The lowest BCUT2D eigenvalue weighted by atomic mass is 10.0. The van der Waals surface area contributed by atoms with Crippen LogP contribution in [0.3, 0.4) is 0 Å². The van der Waals surface area contributed by atoms with Gasteiger partial charge in [0.1, 0.15) is 23.3 Å². The van der Waals surface area contributed by atoms with E-state index < -0.39 is 29.1 Å². The Morgan fingerprint density at radius 1 is 0.739 bits per heavy atom. The average molecular weight is 650 g/mol. The molecule has 0 radical (unpaired) electrons. The fraction of sp³-hybridized carbons (Fsp3) is 0.576. The van der Waals surface area contributed by atoms with Crippen LogP contribution in [0.25, 0.3) is 0 Å². The van der Waals surface area contributed by atoms with Crippen LogP contribution in [0.2, 0.25) is 0 Å². The van der Waals surface area contributed by atoms with Gasteiger partial charge < -0.3 is 34.4 Å². The van der Waals surface area contributed by atoms with Gasteiger partial charge in [-0.05, 0) is 49.9 Å². The van der Waals surface area contributed by atoms with Gasteiger partial charge in [0.05, 0.1) is 13.2 Å². The van der Waals surface area contributed by atoms with Crippen LogP contribution in [-0.2, 0) is 14.3 Å². The first-order chi connectivity index (χ1) is 22.0. The number of amides is 3. The molecule has 6 rings (SSSR count). The molecule has 1 N–H and O–H groups in total. The Bertz CT molecular complexity index is 1310. The Morgan fingerprint density at radius 2 is 1.20 bits per heavy atom. The van der Waals surface area contributed by atoms with E-state index in [0.29, 0.717) is 63.9 Å². The number of anilines is 2. The monoisotopic (exact) mass is 649 g/mol. The third-order valence-electron chi connectivity index (χ3n) is 9.36. The van der Waals surface area contributed by atoms with Crippen molar-refractivity contribution in [3.05, 3.63) is 59.7 Å². The lowest BCUT2D eigenvalue weighted by Gasteiger charge is -2.38. The van der Waals surface area contributed by atoms with Gasteiger partial charge >= 0.3 is 6.03 Å². The molecule has 2 aromatic rings. The van der Waals surface area contributed by atoms with Gasteiger partial charge in [0, 0.05) is 102 Å². The molecule has 1 spiro atoms. The standard InChI is InChI=1S/C20H28F2N4O2.C13H15F2NO2/c1-14(27)25-9-5-18(6-10-25)24(2)20(28)23-17-3-7-26(8-4-17)19-12-15(21)11-16(22)13-19;14-10-7-11(15)9-12(8-10)16-3-1-13(2-4-16)17-5-6-18-13/h11-13,17-18H,3-10H2,1-2H3,(H,23,28);7-9H,1-6H2. The van der Waals surface area contributed by atoms with Crippen molar-refractivity contribution >= 4 is 23.3 Å². The number of rotatable bonds is 4. The van der Waals surface area contributed by atoms with E-state index in [1.165, 1.54) is 24.3 Å². The molecule has 9 nitrogen and oxygen atoms in total. The summed E-state index contributed by atoms with van der Waals surface area (Å²) in [5, 5.41) is 3.08. The number of carbonyl (C=O) groups excluding carboxylic acids is 2. The summed E-state index contributed by atoms with van der Waals surface area (Å²) >= 11 is 0. The van der Waals surface area contributed by atoms with E-state index in [-0.39, 0.29) is 24.0 Å². The molecule has 46 heavy (non-hydrogen) atoms. The molecule has 4 saturated heterocycles. The number of hydrogen-bond acceptors (Lipinski definition) is 6. The molecule has 3 amide bonds. The first-order valence-corrected chi connectivity index (χ1v) is 16.0. The van der Waals surface area contributed by atoms with Crippen molar-refractivity contribution in [1.29, 1.82) is 0 Å². The van der Waals surface area contributed by atoms with Crippen LogP contribution in [-0.4, -0.2) is 99.1 Å². The first-order valence-electron chi connectivity index (χ1n) is 16.0. The Hall–Kier alpha value is -3.58. The molecular formula is C33H43F4N5O4. The highest BCUT2D eigenvalue weighted by Crippen LogP contribution is 2.33. The molecule has 4 fully saturated rings. The topological polar surface area (TPSA) is 77.6 Å². The first kappa shape index (κ1) is 33.8. The Kier molecular flexibility index (Phi) is 10.9. The number of ether oxygens (including phenoxy) is 2. The number of benzene rings is 2. The van der Waals surface area contributed by atoms with Gasteiger partial charge in [-0.25, -0.2) is 22.4 Å². The predicted octanol–water partition coefficient (Wildman–Crippen LogP) is 4.89. The fourth-order valence-electron chi connectivity index (χ4n) is 6.63. The molecule has 0 aliphatic carbocycles. The van der Waals surface area contributed by atoms with Crippen LogP contribution >= 0.6 is 0 Å². The van der Waals surface area contributed by atoms with Gasteiger partial charge in [0.2, 0.25) is 5.91 Å². The zero-order chi connectivity index (χ0) is 32.8. The third-order valence-corrected chi connectivity index (χ3v) is 9.36.